The summed E-state index contributed by atoms with van der Waals surface area (Å²) in [7, 11) is 3.43. The van der Waals surface area contributed by atoms with Crippen molar-refractivity contribution in [1.82, 2.24) is 0 Å². The van der Waals surface area contributed by atoms with Gasteiger partial charge in [-0.2, -0.15) is 0 Å². The topological polar surface area (TPSA) is 27.7 Å². The fourth-order valence-electron chi connectivity index (χ4n) is 2.06. The van der Waals surface area contributed by atoms with Crippen LogP contribution in [0.3, 0.4) is 0 Å². The van der Waals surface area contributed by atoms with Gasteiger partial charge in [0.25, 0.3) is 0 Å². The van der Waals surface area contributed by atoms with E-state index in [1.54, 1.807) is 14.2 Å². The summed E-state index contributed by atoms with van der Waals surface area (Å²) in [5.74, 6) is 0.852. The van der Waals surface area contributed by atoms with Crippen molar-refractivity contribution in [1.29, 1.82) is 0 Å². The molecule has 3 nitrogen and oxygen atoms in total. The lowest BCUT2D eigenvalue weighted by atomic mass is 9.85. The van der Waals surface area contributed by atoms with Gasteiger partial charge in [0.2, 0.25) is 0 Å². The van der Waals surface area contributed by atoms with Crippen molar-refractivity contribution in [2.75, 3.05) is 14.2 Å². The minimum Gasteiger partial charge on any atom is -0.378 e. The van der Waals surface area contributed by atoms with Crippen LogP contribution in [-0.4, -0.2) is 32.7 Å². The van der Waals surface area contributed by atoms with Gasteiger partial charge in [-0.3, -0.25) is 0 Å². The van der Waals surface area contributed by atoms with Crippen molar-refractivity contribution in [3.63, 3.8) is 0 Å². The molecule has 13 heavy (non-hydrogen) atoms. The van der Waals surface area contributed by atoms with E-state index >= 15 is 0 Å². The molecule has 1 fully saturated rings. The third-order valence-corrected chi connectivity index (χ3v) is 3.09. The van der Waals surface area contributed by atoms with Crippen LogP contribution in [0.5, 0.6) is 0 Å². The van der Waals surface area contributed by atoms with Crippen LogP contribution in [0, 0.1) is 11.8 Å². The molecule has 1 aliphatic heterocycles. The maximum Gasteiger partial charge on any atom is 0.160 e. The van der Waals surface area contributed by atoms with Gasteiger partial charge in [-0.05, 0) is 12.8 Å². The highest BCUT2D eigenvalue weighted by molar-refractivity contribution is 4.83. The first kappa shape index (κ1) is 11.0. The highest BCUT2D eigenvalue weighted by Gasteiger charge is 2.39. The van der Waals surface area contributed by atoms with E-state index in [0.717, 1.165) is 0 Å². The molecule has 0 N–H and O–H groups in total. The van der Waals surface area contributed by atoms with Gasteiger partial charge in [-0.1, -0.05) is 13.8 Å². The zero-order valence-electron chi connectivity index (χ0n) is 9.11. The molecule has 0 aromatic heterocycles. The largest absolute Gasteiger partial charge is 0.378 e. The summed E-state index contributed by atoms with van der Waals surface area (Å²) in [6.07, 6.45) is 0.207. The van der Waals surface area contributed by atoms with E-state index in [9.17, 15) is 0 Å². The smallest absolute Gasteiger partial charge is 0.160 e. The summed E-state index contributed by atoms with van der Waals surface area (Å²) in [5, 5.41) is 0. The van der Waals surface area contributed by atoms with Crippen LogP contribution >= 0.6 is 0 Å². The summed E-state index contributed by atoms with van der Waals surface area (Å²) in [6, 6.07) is 0. The molecule has 5 unspecified atom stereocenters. The molecule has 0 spiro atoms. The quantitative estimate of drug-likeness (QED) is 0.659. The molecule has 0 aromatic carbocycles. The van der Waals surface area contributed by atoms with Gasteiger partial charge in [-0.25, -0.2) is 0 Å². The van der Waals surface area contributed by atoms with Gasteiger partial charge in [0.15, 0.2) is 6.29 Å². The molecule has 0 radical (unpaired) electrons. The second-order valence-corrected chi connectivity index (χ2v) is 3.86. The van der Waals surface area contributed by atoms with E-state index < -0.39 is 0 Å². The minimum absolute atomic E-state index is 0.0867. The third kappa shape index (κ3) is 2.03. The fourth-order valence-corrected chi connectivity index (χ4v) is 2.06. The number of rotatable bonds is 2. The molecule has 0 aliphatic carbocycles. The van der Waals surface area contributed by atoms with Crippen molar-refractivity contribution in [3.05, 3.63) is 0 Å². The van der Waals surface area contributed by atoms with E-state index in [4.69, 9.17) is 14.2 Å². The molecular formula is C10H20O3. The summed E-state index contributed by atoms with van der Waals surface area (Å²) in [4.78, 5) is 0. The Morgan fingerprint density at radius 2 is 1.54 bits per heavy atom. The molecule has 0 amide bonds. The average molecular weight is 188 g/mol. The van der Waals surface area contributed by atoms with Crippen LogP contribution in [0.4, 0.5) is 0 Å². The molecule has 1 aliphatic rings. The normalized spacial score (nSPS) is 46.4. The van der Waals surface area contributed by atoms with Crippen LogP contribution in [0.1, 0.15) is 20.8 Å². The van der Waals surface area contributed by atoms with E-state index in [1.165, 1.54) is 0 Å². The van der Waals surface area contributed by atoms with Crippen molar-refractivity contribution >= 4 is 0 Å². The Labute approximate surface area is 80.4 Å². The second kappa shape index (κ2) is 4.40. The van der Waals surface area contributed by atoms with Crippen molar-refractivity contribution < 1.29 is 14.2 Å². The molecule has 1 rings (SSSR count). The van der Waals surface area contributed by atoms with Gasteiger partial charge in [0, 0.05) is 20.1 Å². The Balaban J connectivity index is 2.66. The van der Waals surface area contributed by atoms with Crippen LogP contribution in [0.2, 0.25) is 0 Å². The first-order valence-corrected chi connectivity index (χ1v) is 4.82. The minimum atomic E-state index is -0.0867. The molecular weight excluding hydrogens is 168 g/mol. The fraction of sp³-hybridized carbons (Fsp3) is 1.00. The monoisotopic (exact) mass is 188 g/mol. The lowest BCUT2D eigenvalue weighted by Gasteiger charge is -2.42. The Morgan fingerprint density at radius 3 is 2.00 bits per heavy atom. The summed E-state index contributed by atoms with van der Waals surface area (Å²) in [5.41, 5.74) is 0. The maximum absolute atomic E-state index is 5.67. The van der Waals surface area contributed by atoms with Gasteiger partial charge in [0.05, 0.1) is 12.2 Å². The Morgan fingerprint density at radius 1 is 0.923 bits per heavy atom. The number of hydrogen-bond acceptors (Lipinski definition) is 3. The van der Waals surface area contributed by atoms with Gasteiger partial charge in [0.1, 0.15) is 0 Å². The predicted octanol–water partition coefficient (Wildman–Crippen LogP) is 1.66. The average Bonchev–Trinajstić information content (AvgIpc) is 2.12. The SMILES string of the molecule is COC1OC(C)C(OC)C(C)C1C. The Kier molecular flexibility index (Phi) is 3.71. The molecule has 1 saturated heterocycles. The van der Waals surface area contributed by atoms with Gasteiger partial charge >= 0.3 is 0 Å². The molecule has 5 atom stereocenters. The predicted molar refractivity (Wildman–Crippen MR) is 50.5 cm³/mol. The molecule has 0 aromatic rings. The van der Waals surface area contributed by atoms with E-state index in [0.29, 0.717) is 11.8 Å². The summed E-state index contributed by atoms with van der Waals surface area (Å²) < 4.78 is 16.3. The first-order chi connectivity index (χ1) is 6.11. The third-order valence-electron chi connectivity index (χ3n) is 3.09. The van der Waals surface area contributed by atoms with Crippen molar-refractivity contribution in [2.45, 2.75) is 39.3 Å². The van der Waals surface area contributed by atoms with Crippen LogP contribution in [0.25, 0.3) is 0 Å². The first-order valence-electron chi connectivity index (χ1n) is 4.82. The Hall–Kier alpha value is -0.120. The number of methoxy groups -OCH3 is 2. The highest BCUT2D eigenvalue weighted by Crippen LogP contribution is 2.32. The van der Waals surface area contributed by atoms with Crippen LogP contribution < -0.4 is 0 Å². The van der Waals surface area contributed by atoms with Gasteiger partial charge < -0.3 is 14.2 Å². The van der Waals surface area contributed by atoms with Crippen molar-refractivity contribution in [3.8, 4) is 0 Å². The summed E-state index contributed by atoms with van der Waals surface area (Å²) >= 11 is 0. The molecule has 0 bridgehead atoms. The van der Waals surface area contributed by atoms with Crippen LogP contribution in [0.15, 0.2) is 0 Å². The second-order valence-electron chi connectivity index (χ2n) is 3.86. The lowest BCUT2D eigenvalue weighted by molar-refractivity contribution is -0.253. The molecule has 3 heteroatoms. The van der Waals surface area contributed by atoms with Crippen molar-refractivity contribution in [2.24, 2.45) is 11.8 Å². The zero-order chi connectivity index (χ0) is 10.0. The molecule has 0 saturated carbocycles. The molecule has 1 heterocycles. The molecule has 78 valence electrons. The number of hydrogen-bond donors (Lipinski definition) is 0. The lowest BCUT2D eigenvalue weighted by Crippen LogP contribution is -2.49. The standard InChI is InChI=1S/C10H20O3/c1-6-7(2)10(12-5)13-8(3)9(6)11-4/h6-10H,1-5H3. The zero-order valence-corrected chi connectivity index (χ0v) is 9.11. The van der Waals surface area contributed by atoms with Crippen LogP contribution in [-0.2, 0) is 14.2 Å². The van der Waals surface area contributed by atoms with E-state index in [2.05, 4.69) is 13.8 Å². The maximum atomic E-state index is 5.67. The number of ether oxygens (including phenoxy) is 3. The summed E-state index contributed by atoms with van der Waals surface area (Å²) in [6.45, 7) is 6.35. The Bertz CT molecular complexity index is 160. The van der Waals surface area contributed by atoms with Gasteiger partial charge in [-0.15, -0.1) is 0 Å². The van der Waals surface area contributed by atoms with E-state index in [1.807, 2.05) is 6.92 Å². The highest BCUT2D eigenvalue weighted by atomic mass is 16.7. The van der Waals surface area contributed by atoms with E-state index in [-0.39, 0.29) is 18.5 Å².